The molecule has 0 amide bonds. The Hall–Kier alpha value is -1.77. The Balaban J connectivity index is 1.99. The second-order valence-electron chi connectivity index (χ2n) is 4.43. The van der Waals surface area contributed by atoms with Gasteiger partial charge in [-0.25, -0.2) is 4.79 Å². The molecule has 0 unspecified atom stereocenters. The summed E-state index contributed by atoms with van der Waals surface area (Å²) in [4.78, 5) is 11.7. The molecule has 0 aliphatic rings. The lowest BCUT2D eigenvalue weighted by molar-refractivity contribution is -0.128. The van der Waals surface area contributed by atoms with Gasteiger partial charge in [0.2, 0.25) is 0 Å². The van der Waals surface area contributed by atoms with Crippen LogP contribution in [0.3, 0.4) is 0 Å². The summed E-state index contributed by atoms with van der Waals surface area (Å²) in [5.41, 5.74) is 1.98. The third-order valence-corrected chi connectivity index (χ3v) is 3.64. The third kappa shape index (κ3) is 4.62. The quantitative estimate of drug-likeness (QED) is 0.441. The normalized spacial score (nSPS) is 10.8. The SMILES string of the molecule is CCc1ccc(OC(=O)/C=C/c2ccc(Cl)c(Cl)c2)cc1. The van der Waals surface area contributed by atoms with Crippen LogP contribution in [0.4, 0.5) is 0 Å². The van der Waals surface area contributed by atoms with E-state index in [2.05, 4.69) is 6.92 Å². The maximum absolute atomic E-state index is 11.7. The molecule has 0 aliphatic carbocycles. The first-order valence-electron chi connectivity index (χ1n) is 6.52. The van der Waals surface area contributed by atoms with E-state index in [0.717, 1.165) is 12.0 Å². The van der Waals surface area contributed by atoms with Crippen molar-refractivity contribution < 1.29 is 9.53 Å². The highest BCUT2D eigenvalue weighted by molar-refractivity contribution is 6.42. The molecular weight excluding hydrogens is 307 g/mol. The molecule has 0 heterocycles. The van der Waals surface area contributed by atoms with Gasteiger partial charge >= 0.3 is 5.97 Å². The molecule has 0 atom stereocenters. The highest BCUT2D eigenvalue weighted by atomic mass is 35.5. The van der Waals surface area contributed by atoms with Crippen LogP contribution in [-0.2, 0) is 11.2 Å². The molecule has 2 nitrogen and oxygen atoms in total. The minimum absolute atomic E-state index is 0.440. The smallest absolute Gasteiger partial charge is 0.336 e. The van der Waals surface area contributed by atoms with Gasteiger partial charge in [0.25, 0.3) is 0 Å². The van der Waals surface area contributed by atoms with Crippen molar-refractivity contribution in [1.82, 2.24) is 0 Å². The fraction of sp³-hybridized carbons (Fsp3) is 0.118. The minimum Gasteiger partial charge on any atom is -0.423 e. The van der Waals surface area contributed by atoms with Gasteiger partial charge in [0.15, 0.2) is 0 Å². The first-order chi connectivity index (χ1) is 10.1. The summed E-state index contributed by atoms with van der Waals surface area (Å²) in [6, 6.07) is 12.6. The number of rotatable bonds is 4. The molecule has 0 radical (unpaired) electrons. The van der Waals surface area contributed by atoms with E-state index in [1.54, 1.807) is 36.4 Å². The predicted octanol–water partition coefficient (Wildman–Crippen LogP) is 5.17. The molecule has 0 N–H and O–H groups in total. The Kier molecular flexibility index (Phi) is 5.43. The number of hydrogen-bond donors (Lipinski definition) is 0. The molecular formula is C17H14Cl2O2. The number of carbonyl (C=O) groups excluding carboxylic acids is 1. The van der Waals surface area contributed by atoms with Crippen LogP contribution in [0.1, 0.15) is 18.1 Å². The molecule has 0 fully saturated rings. The molecule has 4 heteroatoms. The lowest BCUT2D eigenvalue weighted by atomic mass is 10.2. The largest absolute Gasteiger partial charge is 0.423 e. The Morgan fingerprint density at radius 3 is 2.43 bits per heavy atom. The third-order valence-electron chi connectivity index (χ3n) is 2.91. The van der Waals surface area contributed by atoms with Crippen molar-refractivity contribution >= 4 is 35.2 Å². The van der Waals surface area contributed by atoms with Crippen LogP contribution < -0.4 is 4.74 Å². The van der Waals surface area contributed by atoms with Crippen LogP contribution in [0.2, 0.25) is 10.0 Å². The van der Waals surface area contributed by atoms with E-state index in [1.165, 1.54) is 11.6 Å². The van der Waals surface area contributed by atoms with E-state index in [-0.39, 0.29) is 0 Å². The highest BCUT2D eigenvalue weighted by Gasteiger charge is 2.01. The minimum atomic E-state index is -0.440. The predicted molar refractivity (Wildman–Crippen MR) is 87.0 cm³/mol. The number of carbonyl (C=O) groups is 1. The molecule has 2 aromatic rings. The number of aryl methyl sites for hydroxylation is 1. The fourth-order valence-corrected chi connectivity index (χ4v) is 2.03. The van der Waals surface area contributed by atoms with Crippen molar-refractivity contribution in [2.24, 2.45) is 0 Å². The fourth-order valence-electron chi connectivity index (χ4n) is 1.72. The molecule has 21 heavy (non-hydrogen) atoms. The van der Waals surface area contributed by atoms with Crippen LogP contribution in [0, 0.1) is 0 Å². The van der Waals surface area contributed by atoms with Crippen LogP contribution in [-0.4, -0.2) is 5.97 Å². The van der Waals surface area contributed by atoms with Gasteiger partial charge in [-0.3, -0.25) is 0 Å². The van der Waals surface area contributed by atoms with Crippen molar-refractivity contribution in [3.63, 3.8) is 0 Å². The summed E-state index contributed by atoms with van der Waals surface area (Å²) in [5.74, 6) is 0.0845. The first-order valence-corrected chi connectivity index (χ1v) is 7.28. The van der Waals surface area contributed by atoms with Crippen molar-refractivity contribution in [2.45, 2.75) is 13.3 Å². The summed E-state index contributed by atoms with van der Waals surface area (Å²) < 4.78 is 5.20. The van der Waals surface area contributed by atoms with E-state index < -0.39 is 5.97 Å². The summed E-state index contributed by atoms with van der Waals surface area (Å²) in [6.07, 6.45) is 3.93. The van der Waals surface area contributed by atoms with Gasteiger partial charge in [-0.15, -0.1) is 0 Å². The van der Waals surface area contributed by atoms with Gasteiger partial charge < -0.3 is 4.74 Å². The lowest BCUT2D eigenvalue weighted by Gasteiger charge is -2.02. The number of esters is 1. The molecule has 2 aromatic carbocycles. The Bertz CT molecular complexity index is 661. The van der Waals surface area contributed by atoms with E-state index in [4.69, 9.17) is 27.9 Å². The van der Waals surface area contributed by atoms with Gasteiger partial charge in [-0.05, 0) is 47.9 Å². The van der Waals surface area contributed by atoms with Gasteiger partial charge in [0, 0.05) is 6.08 Å². The van der Waals surface area contributed by atoms with Crippen LogP contribution in [0.15, 0.2) is 48.5 Å². The summed E-state index contributed by atoms with van der Waals surface area (Å²) in [5, 5.41) is 0.926. The van der Waals surface area contributed by atoms with E-state index in [9.17, 15) is 4.79 Å². The van der Waals surface area contributed by atoms with Crippen molar-refractivity contribution in [1.29, 1.82) is 0 Å². The maximum Gasteiger partial charge on any atom is 0.336 e. The Morgan fingerprint density at radius 2 is 1.81 bits per heavy atom. The zero-order chi connectivity index (χ0) is 15.2. The molecule has 108 valence electrons. The molecule has 0 saturated carbocycles. The summed E-state index contributed by atoms with van der Waals surface area (Å²) in [7, 11) is 0. The molecule has 2 rings (SSSR count). The average Bonchev–Trinajstić information content (AvgIpc) is 2.49. The second-order valence-corrected chi connectivity index (χ2v) is 5.24. The van der Waals surface area contributed by atoms with Crippen molar-refractivity contribution in [2.75, 3.05) is 0 Å². The molecule has 0 aliphatic heterocycles. The van der Waals surface area contributed by atoms with Gasteiger partial charge in [-0.1, -0.05) is 48.3 Å². The first kappa shape index (κ1) is 15.6. The highest BCUT2D eigenvalue weighted by Crippen LogP contribution is 2.23. The van der Waals surface area contributed by atoms with Gasteiger partial charge in [0.1, 0.15) is 5.75 Å². The standard InChI is InChI=1S/C17H14Cl2O2/c1-2-12-3-7-14(8-4-12)21-17(20)10-6-13-5-9-15(18)16(19)11-13/h3-11H,2H2,1H3/b10-6+. The summed E-state index contributed by atoms with van der Waals surface area (Å²) >= 11 is 11.7. The van der Waals surface area contributed by atoms with Crippen LogP contribution in [0.5, 0.6) is 5.75 Å². The molecule has 0 bridgehead atoms. The number of ether oxygens (including phenoxy) is 1. The Morgan fingerprint density at radius 1 is 1.10 bits per heavy atom. The molecule has 0 aromatic heterocycles. The number of benzene rings is 2. The molecule has 0 spiro atoms. The van der Waals surface area contributed by atoms with Gasteiger partial charge in [-0.2, -0.15) is 0 Å². The Labute approximate surface area is 134 Å². The number of halogens is 2. The van der Waals surface area contributed by atoms with E-state index >= 15 is 0 Å². The second kappa shape index (κ2) is 7.30. The molecule has 0 saturated heterocycles. The number of hydrogen-bond acceptors (Lipinski definition) is 2. The zero-order valence-corrected chi connectivity index (χ0v) is 13.0. The average molecular weight is 321 g/mol. The van der Waals surface area contributed by atoms with E-state index in [1.807, 2.05) is 12.1 Å². The topological polar surface area (TPSA) is 26.3 Å². The van der Waals surface area contributed by atoms with Crippen molar-refractivity contribution in [3.05, 3.63) is 69.7 Å². The van der Waals surface area contributed by atoms with Crippen LogP contribution in [0.25, 0.3) is 6.08 Å². The summed E-state index contributed by atoms with van der Waals surface area (Å²) in [6.45, 7) is 2.07. The maximum atomic E-state index is 11.7. The van der Waals surface area contributed by atoms with Gasteiger partial charge in [0.05, 0.1) is 10.0 Å². The zero-order valence-electron chi connectivity index (χ0n) is 11.5. The van der Waals surface area contributed by atoms with Crippen molar-refractivity contribution in [3.8, 4) is 5.75 Å². The monoisotopic (exact) mass is 320 g/mol. The van der Waals surface area contributed by atoms with Crippen LogP contribution >= 0.6 is 23.2 Å². The van der Waals surface area contributed by atoms with E-state index in [0.29, 0.717) is 15.8 Å². The lowest BCUT2D eigenvalue weighted by Crippen LogP contribution is -2.03.